The Morgan fingerprint density at radius 2 is 1.81 bits per heavy atom. The second-order valence-electron chi connectivity index (χ2n) is 6.92. The number of ether oxygens (including phenoxy) is 2. The van der Waals surface area contributed by atoms with Crippen molar-refractivity contribution >= 4 is 40.3 Å². The normalized spacial score (nSPS) is 14.7. The lowest BCUT2D eigenvalue weighted by atomic mass is 10.1. The van der Waals surface area contributed by atoms with E-state index < -0.39 is 0 Å². The predicted octanol–water partition coefficient (Wildman–Crippen LogP) is 5.57. The maximum Gasteiger partial charge on any atom is 0.266 e. The molecule has 0 atom stereocenters. The van der Waals surface area contributed by atoms with Crippen molar-refractivity contribution in [2.45, 2.75) is 13.3 Å². The zero-order chi connectivity index (χ0) is 22.2. The summed E-state index contributed by atoms with van der Waals surface area (Å²) >= 11 is 6.62. The first-order valence-electron chi connectivity index (χ1n) is 9.94. The Kier molecular flexibility index (Phi) is 8.09. The average Bonchev–Trinajstić information content (AvgIpc) is 3.01. The molecule has 1 saturated heterocycles. The number of carbonyl (C=O) groups is 1. The van der Waals surface area contributed by atoms with E-state index >= 15 is 0 Å². The number of carbonyl (C=O) groups excluding carboxylic acids is 1. The number of allylic oxidation sites excluding steroid dienone is 1. The third-order valence-electron chi connectivity index (χ3n) is 4.57. The Hall–Kier alpha value is -2.83. The quantitative estimate of drug-likeness (QED) is 0.204. The van der Waals surface area contributed by atoms with Gasteiger partial charge in [0, 0.05) is 12.1 Å². The number of para-hydroxylation sites is 1. The fraction of sp³-hybridized carbons (Fsp3) is 0.200. The molecule has 0 spiro atoms. The van der Waals surface area contributed by atoms with Gasteiger partial charge in [0.05, 0.1) is 4.91 Å². The third kappa shape index (κ3) is 5.87. The molecule has 0 unspecified atom stereocenters. The Morgan fingerprint density at radius 1 is 1.06 bits per heavy atom. The highest BCUT2D eigenvalue weighted by atomic mass is 32.2. The van der Waals surface area contributed by atoms with Gasteiger partial charge < -0.3 is 9.47 Å². The van der Waals surface area contributed by atoms with Crippen LogP contribution < -0.4 is 9.47 Å². The maximum absolute atomic E-state index is 12.6. The number of benzene rings is 2. The Balaban J connectivity index is 1.68. The molecule has 0 radical (unpaired) electrons. The van der Waals surface area contributed by atoms with Crippen LogP contribution in [0.15, 0.2) is 72.7 Å². The SMILES string of the molecule is C=CCc1ccccc1OCCOc1ccc(C)cc1C=C1SC(=S)N(CC=C)C1=O. The molecule has 6 heteroatoms. The number of amides is 1. The molecule has 1 amide bonds. The van der Waals surface area contributed by atoms with Crippen molar-refractivity contribution in [2.75, 3.05) is 19.8 Å². The fourth-order valence-electron chi connectivity index (χ4n) is 3.11. The fourth-order valence-corrected chi connectivity index (χ4v) is 4.38. The number of hydrogen-bond acceptors (Lipinski definition) is 5. The Bertz CT molecular complexity index is 1030. The first kappa shape index (κ1) is 22.8. The first-order chi connectivity index (χ1) is 15.0. The Labute approximate surface area is 193 Å². The molecule has 0 N–H and O–H groups in total. The van der Waals surface area contributed by atoms with Crippen molar-refractivity contribution in [3.8, 4) is 11.5 Å². The largest absolute Gasteiger partial charge is 0.490 e. The van der Waals surface area contributed by atoms with E-state index in [1.54, 1.807) is 11.0 Å². The van der Waals surface area contributed by atoms with Gasteiger partial charge >= 0.3 is 0 Å². The summed E-state index contributed by atoms with van der Waals surface area (Å²) in [7, 11) is 0. The van der Waals surface area contributed by atoms with E-state index in [1.165, 1.54) is 11.8 Å². The third-order valence-corrected chi connectivity index (χ3v) is 5.95. The summed E-state index contributed by atoms with van der Waals surface area (Å²) in [4.78, 5) is 14.8. The summed E-state index contributed by atoms with van der Waals surface area (Å²) in [6.07, 6.45) is 6.12. The first-order valence-corrected chi connectivity index (χ1v) is 11.2. The van der Waals surface area contributed by atoms with Gasteiger partial charge in [-0.1, -0.05) is 66.0 Å². The van der Waals surface area contributed by atoms with Crippen LogP contribution in [0.25, 0.3) is 6.08 Å². The highest BCUT2D eigenvalue weighted by Crippen LogP contribution is 2.34. The van der Waals surface area contributed by atoms with Crippen molar-refractivity contribution in [3.63, 3.8) is 0 Å². The molecule has 0 aromatic heterocycles. The van der Waals surface area contributed by atoms with E-state index in [0.29, 0.717) is 34.7 Å². The molecule has 31 heavy (non-hydrogen) atoms. The molecule has 4 nitrogen and oxygen atoms in total. The van der Waals surface area contributed by atoms with Crippen molar-refractivity contribution in [1.82, 2.24) is 4.90 Å². The van der Waals surface area contributed by atoms with Crippen LogP contribution in [0.3, 0.4) is 0 Å². The smallest absolute Gasteiger partial charge is 0.266 e. The number of rotatable bonds is 10. The molecular formula is C25H25NO3S2. The van der Waals surface area contributed by atoms with Crippen LogP contribution in [0.2, 0.25) is 0 Å². The number of thiocarbonyl (C=S) groups is 1. The van der Waals surface area contributed by atoms with E-state index in [1.807, 2.05) is 61.5 Å². The van der Waals surface area contributed by atoms with E-state index in [0.717, 1.165) is 28.9 Å². The molecular weight excluding hydrogens is 426 g/mol. The molecule has 1 heterocycles. The van der Waals surface area contributed by atoms with Gasteiger partial charge in [0.2, 0.25) is 0 Å². The zero-order valence-corrected chi connectivity index (χ0v) is 19.1. The van der Waals surface area contributed by atoms with Crippen LogP contribution in [0.4, 0.5) is 0 Å². The van der Waals surface area contributed by atoms with Crippen molar-refractivity contribution < 1.29 is 14.3 Å². The minimum Gasteiger partial charge on any atom is -0.490 e. The molecule has 2 aromatic carbocycles. The number of thioether (sulfide) groups is 1. The number of hydrogen-bond donors (Lipinski definition) is 0. The average molecular weight is 452 g/mol. The van der Waals surface area contributed by atoms with Gasteiger partial charge in [-0.25, -0.2) is 0 Å². The van der Waals surface area contributed by atoms with E-state index in [9.17, 15) is 4.79 Å². The van der Waals surface area contributed by atoms with Crippen molar-refractivity contribution in [3.05, 3.63) is 89.4 Å². The monoisotopic (exact) mass is 451 g/mol. The van der Waals surface area contributed by atoms with Gasteiger partial charge in [-0.15, -0.1) is 13.2 Å². The van der Waals surface area contributed by atoms with Gasteiger partial charge in [0.1, 0.15) is 29.0 Å². The van der Waals surface area contributed by atoms with Gasteiger partial charge in [0.15, 0.2) is 0 Å². The summed E-state index contributed by atoms with van der Waals surface area (Å²) in [5, 5.41) is 0. The summed E-state index contributed by atoms with van der Waals surface area (Å²) in [6.45, 7) is 10.7. The molecule has 3 rings (SSSR count). The van der Waals surface area contributed by atoms with Gasteiger partial charge in [-0.2, -0.15) is 0 Å². The standard InChI is InChI=1S/C25H25NO3S2/c1-4-8-19-9-6-7-10-21(19)28-14-15-29-22-12-11-18(3)16-20(22)17-23-24(27)26(13-5-2)25(30)31-23/h4-7,9-12,16-17H,1-2,8,13-15H2,3H3. The van der Waals surface area contributed by atoms with Crippen LogP contribution in [0, 0.1) is 6.92 Å². The molecule has 160 valence electrons. The summed E-state index contributed by atoms with van der Waals surface area (Å²) in [5.74, 6) is 1.42. The van der Waals surface area contributed by atoms with Crippen molar-refractivity contribution in [1.29, 1.82) is 0 Å². The molecule has 0 saturated carbocycles. The van der Waals surface area contributed by atoms with E-state index in [-0.39, 0.29) is 5.91 Å². The zero-order valence-electron chi connectivity index (χ0n) is 17.5. The summed E-state index contributed by atoms with van der Waals surface area (Å²) < 4.78 is 12.4. The second kappa shape index (κ2) is 11.0. The predicted molar refractivity (Wildman–Crippen MR) is 133 cm³/mol. The van der Waals surface area contributed by atoms with Gasteiger partial charge in [0.25, 0.3) is 5.91 Å². The highest BCUT2D eigenvalue weighted by Gasteiger charge is 2.31. The van der Waals surface area contributed by atoms with Crippen LogP contribution in [0.5, 0.6) is 11.5 Å². The minimum atomic E-state index is -0.107. The van der Waals surface area contributed by atoms with Crippen LogP contribution in [-0.2, 0) is 11.2 Å². The molecule has 1 aliphatic heterocycles. The molecule has 0 aliphatic carbocycles. The Morgan fingerprint density at radius 3 is 2.55 bits per heavy atom. The molecule has 1 fully saturated rings. The van der Waals surface area contributed by atoms with E-state index in [2.05, 4.69) is 13.2 Å². The maximum atomic E-state index is 12.6. The lowest BCUT2D eigenvalue weighted by Crippen LogP contribution is -2.27. The van der Waals surface area contributed by atoms with Gasteiger partial charge in [-0.3, -0.25) is 9.69 Å². The van der Waals surface area contributed by atoms with Crippen LogP contribution in [0.1, 0.15) is 16.7 Å². The molecule has 2 aromatic rings. The summed E-state index contributed by atoms with van der Waals surface area (Å²) in [6, 6.07) is 13.8. The van der Waals surface area contributed by atoms with Gasteiger partial charge in [-0.05, 0) is 43.2 Å². The number of nitrogens with zero attached hydrogens (tertiary/aromatic N) is 1. The highest BCUT2D eigenvalue weighted by molar-refractivity contribution is 8.26. The molecule has 1 aliphatic rings. The number of aryl methyl sites for hydroxylation is 1. The van der Waals surface area contributed by atoms with Crippen LogP contribution in [-0.4, -0.2) is 34.9 Å². The van der Waals surface area contributed by atoms with Crippen LogP contribution >= 0.6 is 24.0 Å². The topological polar surface area (TPSA) is 38.8 Å². The second-order valence-corrected chi connectivity index (χ2v) is 8.60. The lowest BCUT2D eigenvalue weighted by Gasteiger charge is -2.13. The minimum absolute atomic E-state index is 0.107. The summed E-state index contributed by atoms with van der Waals surface area (Å²) in [5.41, 5.74) is 3.01. The lowest BCUT2D eigenvalue weighted by molar-refractivity contribution is -0.121. The van der Waals surface area contributed by atoms with Crippen molar-refractivity contribution in [2.24, 2.45) is 0 Å². The molecule has 0 bridgehead atoms. The van der Waals surface area contributed by atoms with E-state index in [4.69, 9.17) is 21.7 Å².